The maximum atomic E-state index is 12.6. The lowest BCUT2D eigenvalue weighted by molar-refractivity contribution is 0.250. The van der Waals surface area contributed by atoms with Crippen molar-refractivity contribution in [3.63, 3.8) is 0 Å². The van der Waals surface area contributed by atoms with E-state index in [4.69, 9.17) is 9.97 Å². The minimum atomic E-state index is -0.170. The van der Waals surface area contributed by atoms with Crippen LogP contribution in [0.25, 0.3) is 11.3 Å². The highest BCUT2D eigenvalue weighted by Gasteiger charge is 2.23. The molecule has 0 N–H and O–H groups in total. The number of unbranched alkanes of at least 4 members (excludes halogenated alkanes) is 1. The summed E-state index contributed by atoms with van der Waals surface area (Å²) in [4.78, 5) is 31.6. The van der Waals surface area contributed by atoms with E-state index in [1.165, 1.54) is 0 Å². The van der Waals surface area contributed by atoms with E-state index >= 15 is 0 Å². The Morgan fingerprint density at radius 1 is 0.919 bits per heavy atom. The molecule has 1 fully saturated rings. The first-order valence-corrected chi connectivity index (χ1v) is 13.7. The highest BCUT2D eigenvalue weighted by atomic mass is 16.1. The minimum absolute atomic E-state index is 0.0569. The van der Waals surface area contributed by atoms with Crippen LogP contribution in [0.5, 0.6) is 0 Å². The van der Waals surface area contributed by atoms with Crippen molar-refractivity contribution in [2.45, 2.75) is 72.3 Å². The topological polar surface area (TPSA) is 67.2 Å². The second-order valence-corrected chi connectivity index (χ2v) is 11.2. The third-order valence-corrected chi connectivity index (χ3v) is 7.06. The van der Waals surface area contributed by atoms with Crippen LogP contribution in [0.15, 0.2) is 47.4 Å². The molecule has 0 amide bonds. The van der Waals surface area contributed by atoms with Crippen LogP contribution < -0.4 is 10.6 Å². The molecule has 0 atom stereocenters. The predicted molar refractivity (Wildman–Crippen MR) is 151 cm³/mol. The number of nitrogens with zero attached hydrogens (tertiary/aromatic N) is 6. The summed E-state index contributed by atoms with van der Waals surface area (Å²) in [5, 5.41) is 0. The van der Waals surface area contributed by atoms with E-state index in [0.717, 1.165) is 92.6 Å². The minimum Gasteiger partial charge on any atom is -0.354 e. The standard InChI is InChI=1S/C30H42N6O/c1-6-11-24-22-27(33-28(31-24)30(3,4)5)35-20-18-34(19-21-35)15-9-10-16-36-17-14-26(32-29(36)37)25-13-8-7-12-23(25)2/h7-8,12-14,17,22H,6,9-11,15-16,18-21H2,1-5H3. The number of anilines is 1. The van der Waals surface area contributed by atoms with Crippen molar-refractivity contribution in [1.82, 2.24) is 24.4 Å². The van der Waals surface area contributed by atoms with Crippen molar-refractivity contribution in [3.05, 3.63) is 70.2 Å². The lowest BCUT2D eigenvalue weighted by Crippen LogP contribution is -2.47. The Kier molecular flexibility index (Phi) is 8.75. The molecule has 4 rings (SSSR count). The number of aromatic nitrogens is 4. The third-order valence-electron chi connectivity index (χ3n) is 7.06. The fraction of sp³-hybridized carbons (Fsp3) is 0.533. The molecule has 1 aliphatic rings. The van der Waals surface area contributed by atoms with Gasteiger partial charge in [0.25, 0.3) is 0 Å². The SMILES string of the molecule is CCCc1cc(N2CCN(CCCCn3ccc(-c4ccccc4C)nc3=O)CC2)nc(C(C)(C)C)n1. The molecule has 1 saturated heterocycles. The largest absolute Gasteiger partial charge is 0.354 e. The maximum absolute atomic E-state index is 12.6. The van der Waals surface area contributed by atoms with Gasteiger partial charge in [-0.15, -0.1) is 0 Å². The lowest BCUT2D eigenvalue weighted by atomic mass is 9.95. The summed E-state index contributed by atoms with van der Waals surface area (Å²) >= 11 is 0. The molecule has 0 aliphatic carbocycles. The van der Waals surface area contributed by atoms with Crippen LogP contribution in [-0.4, -0.2) is 57.1 Å². The summed E-state index contributed by atoms with van der Waals surface area (Å²) in [7, 11) is 0. The lowest BCUT2D eigenvalue weighted by Gasteiger charge is -2.36. The smallest absolute Gasteiger partial charge is 0.348 e. The maximum Gasteiger partial charge on any atom is 0.348 e. The molecule has 37 heavy (non-hydrogen) atoms. The molecular weight excluding hydrogens is 460 g/mol. The molecule has 7 nitrogen and oxygen atoms in total. The van der Waals surface area contributed by atoms with E-state index in [9.17, 15) is 4.79 Å². The van der Waals surface area contributed by atoms with Crippen LogP contribution in [0.3, 0.4) is 0 Å². The Balaban J connectivity index is 1.26. The third kappa shape index (κ3) is 7.04. The van der Waals surface area contributed by atoms with Crippen molar-refractivity contribution < 1.29 is 0 Å². The van der Waals surface area contributed by atoms with Gasteiger partial charge in [0.15, 0.2) is 0 Å². The molecule has 0 spiro atoms. The van der Waals surface area contributed by atoms with Crippen molar-refractivity contribution in [2.75, 3.05) is 37.6 Å². The summed E-state index contributed by atoms with van der Waals surface area (Å²) in [6, 6.07) is 12.2. The van der Waals surface area contributed by atoms with Crippen molar-refractivity contribution in [3.8, 4) is 11.3 Å². The molecule has 198 valence electrons. The van der Waals surface area contributed by atoms with Crippen LogP contribution in [0.4, 0.5) is 5.82 Å². The highest BCUT2D eigenvalue weighted by Crippen LogP contribution is 2.24. The highest BCUT2D eigenvalue weighted by molar-refractivity contribution is 5.62. The number of benzene rings is 1. The first-order chi connectivity index (χ1) is 17.7. The van der Waals surface area contributed by atoms with Crippen LogP contribution in [0.1, 0.15) is 64.0 Å². The number of hydrogen-bond donors (Lipinski definition) is 0. The summed E-state index contributed by atoms with van der Waals surface area (Å²) < 4.78 is 1.73. The van der Waals surface area contributed by atoms with Gasteiger partial charge in [-0.2, -0.15) is 4.98 Å². The van der Waals surface area contributed by atoms with Gasteiger partial charge in [-0.25, -0.2) is 14.8 Å². The summed E-state index contributed by atoms with van der Waals surface area (Å²) in [6.07, 6.45) is 6.00. The van der Waals surface area contributed by atoms with Crippen molar-refractivity contribution in [1.29, 1.82) is 0 Å². The molecule has 0 saturated carbocycles. The molecule has 0 radical (unpaired) electrons. The molecule has 1 aromatic carbocycles. The molecular formula is C30H42N6O. The van der Waals surface area contributed by atoms with Crippen molar-refractivity contribution in [2.24, 2.45) is 0 Å². The van der Waals surface area contributed by atoms with Gasteiger partial charge >= 0.3 is 5.69 Å². The molecule has 0 bridgehead atoms. The zero-order valence-electron chi connectivity index (χ0n) is 23.2. The van der Waals surface area contributed by atoms with Gasteiger partial charge < -0.3 is 4.90 Å². The first-order valence-electron chi connectivity index (χ1n) is 13.7. The van der Waals surface area contributed by atoms with Crippen LogP contribution in [0.2, 0.25) is 0 Å². The Morgan fingerprint density at radius 2 is 1.65 bits per heavy atom. The number of hydrogen-bond acceptors (Lipinski definition) is 6. The van der Waals surface area contributed by atoms with Gasteiger partial charge in [-0.3, -0.25) is 9.47 Å². The quantitative estimate of drug-likeness (QED) is 0.389. The number of rotatable bonds is 9. The van der Waals surface area contributed by atoms with E-state index in [0.29, 0.717) is 6.54 Å². The van der Waals surface area contributed by atoms with E-state index in [1.807, 2.05) is 43.5 Å². The fourth-order valence-electron chi connectivity index (χ4n) is 4.79. The van der Waals surface area contributed by atoms with E-state index in [2.05, 4.69) is 48.5 Å². The second kappa shape index (κ2) is 12.0. The second-order valence-electron chi connectivity index (χ2n) is 11.2. The Labute approximate surface area is 221 Å². The average molecular weight is 503 g/mol. The monoisotopic (exact) mass is 502 g/mol. The Hall–Kier alpha value is -3.06. The predicted octanol–water partition coefficient (Wildman–Crippen LogP) is 4.86. The van der Waals surface area contributed by atoms with E-state index in [1.54, 1.807) is 4.57 Å². The van der Waals surface area contributed by atoms with Gasteiger partial charge in [0.2, 0.25) is 0 Å². The zero-order valence-corrected chi connectivity index (χ0v) is 23.2. The molecule has 2 aromatic heterocycles. The van der Waals surface area contributed by atoms with Crippen LogP contribution in [0, 0.1) is 6.92 Å². The van der Waals surface area contributed by atoms with Gasteiger partial charge in [0, 0.05) is 61.7 Å². The molecule has 1 aliphatic heterocycles. The van der Waals surface area contributed by atoms with Crippen molar-refractivity contribution >= 4 is 5.82 Å². The van der Waals surface area contributed by atoms with Gasteiger partial charge in [-0.1, -0.05) is 58.4 Å². The Morgan fingerprint density at radius 3 is 2.32 bits per heavy atom. The molecule has 3 heterocycles. The van der Waals surface area contributed by atoms with Gasteiger partial charge in [0.05, 0.1) is 5.69 Å². The van der Waals surface area contributed by atoms with Crippen LogP contribution in [-0.2, 0) is 18.4 Å². The molecule has 0 unspecified atom stereocenters. The number of piperazine rings is 1. The first kappa shape index (κ1) is 27.0. The molecule has 3 aromatic rings. The van der Waals surface area contributed by atoms with Crippen LogP contribution >= 0.6 is 0 Å². The summed E-state index contributed by atoms with van der Waals surface area (Å²) in [5.74, 6) is 2.01. The number of aryl methyl sites for hydroxylation is 3. The zero-order chi connectivity index (χ0) is 26.4. The van der Waals surface area contributed by atoms with E-state index in [-0.39, 0.29) is 11.1 Å². The molecule has 7 heteroatoms. The van der Waals surface area contributed by atoms with Gasteiger partial charge in [-0.05, 0) is 44.4 Å². The fourth-order valence-corrected chi connectivity index (χ4v) is 4.79. The Bertz CT molecular complexity index is 1240. The summed E-state index contributed by atoms with van der Waals surface area (Å²) in [5.41, 5.74) is 3.82. The average Bonchev–Trinajstić information content (AvgIpc) is 2.87. The normalized spacial score (nSPS) is 14.8. The summed E-state index contributed by atoms with van der Waals surface area (Å²) in [6.45, 7) is 16.6. The van der Waals surface area contributed by atoms with E-state index < -0.39 is 0 Å². The van der Waals surface area contributed by atoms with Gasteiger partial charge in [0.1, 0.15) is 11.6 Å².